The molecule has 96 valence electrons. The number of ether oxygens (including phenoxy) is 1. The third kappa shape index (κ3) is 2.14. The van der Waals surface area contributed by atoms with Crippen LogP contribution in [-0.4, -0.2) is 31.5 Å². The molecule has 0 aliphatic carbocycles. The van der Waals surface area contributed by atoms with Gasteiger partial charge in [0.2, 0.25) is 5.91 Å². The molecule has 6 heteroatoms. The zero-order valence-corrected chi connectivity index (χ0v) is 10.3. The van der Waals surface area contributed by atoms with Gasteiger partial charge in [-0.15, -0.1) is 0 Å². The molecule has 18 heavy (non-hydrogen) atoms. The summed E-state index contributed by atoms with van der Waals surface area (Å²) in [6.07, 6.45) is -0.494. The smallest absolute Gasteiger partial charge is 0.267 e. The molecule has 0 fully saturated rings. The van der Waals surface area contributed by atoms with Crippen molar-refractivity contribution in [2.45, 2.75) is 13.0 Å². The summed E-state index contributed by atoms with van der Waals surface area (Å²) >= 11 is 0. The van der Waals surface area contributed by atoms with Crippen molar-refractivity contribution < 1.29 is 14.3 Å². The molecular formula is C12H15N3O3. The normalized spacial score (nSPS) is 18.1. The maximum Gasteiger partial charge on any atom is 0.267 e. The van der Waals surface area contributed by atoms with Crippen LogP contribution in [0.3, 0.4) is 0 Å². The molecule has 1 heterocycles. The molecule has 0 saturated heterocycles. The number of hydrogen-bond donors (Lipinski definition) is 2. The number of nitrogens with two attached hydrogens (primary N) is 1. The van der Waals surface area contributed by atoms with E-state index < -0.39 is 6.10 Å². The minimum atomic E-state index is -0.494. The molecule has 2 amide bonds. The standard InChI is InChI=1S/C12H15N3O3/c1-7-12(17)15(2)9-5-8(14-11(16)6-13)3-4-10(9)18-7/h3-5,7H,6,13H2,1-2H3,(H,14,16). The number of fused-ring (bicyclic) bond motifs is 1. The van der Waals surface area contributed by atoms with E-state index in [1.165, 1.54) is 4.90 Å². The van der Waals surface area contributed by atoms with E-state index in [1.54, 1.807) is 32.2 Å². The predicted octanol–water partition coefficient (Wildman–Crippen LogP) is 0.327. The van der Waals surface area contributed by atoms with Gasteiger partial charge in [-0.25, -0.2) is 0 Å². The van der Waals surface area contributed by atoms with E-state index in [4.69, 9.17) is 10.5 Å². The zero-order chi connectivity index (χ0) is 13.3. The second-order valence-electron chi connectivity index (χ2n) is 4.09. The Morgan fingerprint density at radius 2 is 2.28 bits per heavy atom. The van der Waals surface area contributed by atoms with Crippen LogP contribution < -0.4 is 20.7 Å². The summed E-state index contributed by atoms with van der Waals surface area (Å²) in [6.45, 7) is 1.62. The minimum Gasteiger partial charge on any atom is -0.479 e. The molecule has 3 N–H and O–H groups in total. The third-order valence-electron chi connectivity index (χ3n) is 2.77. The van der Waals surface area contributed by atoms with Gasteiger partial charge in [-0.3, -0.25) is 9.59 Å². The molecule has 1 aromatic rings. The zero-order valence-electron chi connectivity index (χ0n) is 10.3. The topological polar surface area (TPSA) is 84.7 Å². The molecule has 0 aromatic heterocycles. The highest BCUT2D eigenvalue weighted by molar-refractivity contribution is 6.00. The Morgan fingerprint density at radius 1 is 1.56 bits per heavy atom. The van der Waals surface area contributed by atoms with Gasteiger partial charge in [0.15, 0.2) is 6.10 Å². The Labute approximate surface area is 105 Å². The summed E-state index contributed by atoms with van der Waals surface area (Å²) in [4.78, 5) is 24.5. The summed E-state index contributed by atoms with van der Waals surface area (Å²) in [5, 5.41) is 2.63. The lowest BCUT2D eigenvalue weighted by Crippen LogP contribution is -2.42. The number of anilines is 2. The fourth-order valence-electron chi connectivity index (χ4n) is 1.80. The van der Waals surface area contributed by atoms with Crippen LogP contribution in [-0.2, 0) is 9.59 Å². The maximum atomic E-state index is 11.8. The fourth-order valence-corrected chi connectivity index (χ4v) is 1.80. The number of likely N-dealkylation sites (N-methyl/N-ethyl adjacent to an activating group) is 1. The molecular weight excluding hydrogens is 234 g/mol. The van der Waals surface area contributed by atoms with Crippen molar-refractivity contribution >= 4 is 23.2 Å². The predicted molar refractivity (Wildman–Crippen MR) is 67.6 cm³/mol. The van der Waals surface area contributed by atoms with Crippen LogP contribution in [0.2, 0.25) is 0 Å². The number of rotatable bonds is 2. The molecule has 0 radical (unpaired) electrons. The first-order valence-corrected chi connectivity index (χ1v) is 5.61. The summed E-state index contributed by atoms with van der Waals surface area (Å²) in [5.41, 5.74) is 6.44. The van der Waals surface area contributed by atoms with Gasteiger partial charge in [0.05, 0.1) is 12.2 Å². The Hall–Kier alpha value is -2.08. The van der Waals surface area contributed by atoms with Gasteiger partial charge in [0.1, 0.15) is 5.75 Å². The van der Waals surface area contributed by atoms with E-state index in [-0.39, 0.29) is 18.4 Å². The second-order valence-corrected chi connectivity index (χ2v) is 4.09. The average Bonchev–Trinajstić information content (AvgIpc) is 2.37. The number of hydrogen-bond acceptors (Lipinski definition) is 4. The van der Waals surface area contributed by atoms with Gasteiger partial charge in [0, 0.05) is 12.7 Å². The molecule has 0 bridgehead atoms. The number of benzene rings is 1. The highest BCUT2D eigenvalue weighted by Crippen LogP contribution is 2.35. The Morgan fingerprint density at radius 3 is 2.94 bits per heavy atom. The Balaban J connectivity index is 2.31. The lowest BCUT2D eigenvalue weighted by atomic mass is 10.2. The van der Waals surface area contributed by atoms with Gasteiger partial charge in [0.25, 0.3) is 5.91 Å². The summed E-state index contributed by atoms with van der Waals surface area (Å²) in [5.74, 6) is 0.217. The molecule has 6 nitrogen and oxygen atoms in total. The first-order chi connectivity index (χ1) is 8.52. The van der Waals surface area contributed by atoms with Crippen molar-refractivity contribution in [1.29, 1.82) is 0 Å². The van der Waals surface area contributed by atoms with Crippen molar-refractivity contribution in [2.75, 3.05) is 23.8 Å². The largest absolute Gasteiger partial charge is 0.479 e. The van der Waals surface area contributed by atoms with E-state index in [1.807, 2.05) is 0 Å². The molecule has 0 spiro atoms. The van der Waals surface area contributed by atoms with Crippen LogP contribution in [0.4, 0.5) is 11.4 Å². The number of nitrogens with zero attached hydrogens (tertiary/aromatic N) is 1. The first-order valence-electron chi connectivity index (χ1n) is 5.61. The Kier molecular flexibility index (Phi) is 3.20. The van der Waals surface area contributed by atoms with Crippen LogP contribution in [0.1, 0.15) is 6.92 Å². The van der Waals surface area contributed by atoms with Gasteiger partial charge < -0.3 is 20.7 Å². The van der Waals surface area contributed by atoms with E-state index in [0.29, 0.717) is 17.1 Å². The van der Waals surface area contributed by atoms with Crippen LogP contribution in [0, 0.1) is 0 Å². The van der Waals surface area contributed by atoms with E-state index in [0.717, 1.165) is 0 Å². The molecule has 1 atom stereocenters. The summed E-state index contributed by atoms with van der Waals surface area (Å²) in [7, 11) is 1.68. The Bertz CT molecular complexity index is 501. The maximum absolute atomic E-state index is 11.8. The number of carbonyl (C=O) groups is 2. The van der Waals surface area contributed by atoms with Crippen molar-refractivity contribution in [3.63, 3.8) is 0 Å². The number of carbonyl (C=O) groups excluding carboxylic acids is 2. The van der Waals surface area contributed by atoms with Gasteiger partial charge in [-0.2, -0.15) is 0 Å². The van der Waals surface area contributed by atoms with Crippen LogP contribution in [0.25, 0.3) is 0 Å². The van der Waals surface area contributed by atoms with Crippen LogP contribution in [0.15, 0.2) is 18.2 Å². The van der Waals surface area contributed by atoms with E-state index in [2.05, 4.69) is 5.32 Å². The lowest BCUT2D eigenvalue weighted by molar-refractivity contribution is -0.125. The first kappa shape index (κ1) is 12.4. The highest BCUT2D eigenvalue weighted by atomic mass is 16.5. The minimum absolute atomic E-state index is 0.0839. The van der Waals surface area contributed by atoms with Crippen molar-refractivity contribution in [3.8, 4) is 5.75 Å². The number of nitrogens with one attached hydrogen (secondary N) is 1. The van der Waals surface area contributed by atoms with Crippen molar-refractivity contribution in [1.82, 2.24) is 0 Å². The number of amides is 2. The van der Waals surface area contributed by atoms with Crippen molar-refractivity contribution in [3.05, 3.63) is 18.2 Å². The molecule has 1 aliphatic heterocycles. The van der Waals surface area contributed by atoms with Crippen LogP contribution in [0.5, 0.6) is 5.75 Å². The van der Waals surface area contributed by atoms with Crippen LogP contribution >= 0.6 is 0 Å². The molecule has 0 saturated carbocycles. The van der Waals surface area contributed by atoms with Crippen molar-refractivity contribution in [2.24, 2.45) is 5.73 Å². The average molecular weight is 249 g/mol. The van der Waals surface area contributed by atoms with Gasteiger partial charge in [-0.1, -0.05) is 0 Å². The van der Waals surface area contributed by atoms with E-state index >= 15 is 0 Å². The SMILES string of the molecule is CC1Oc2ccc(NC(=O)CN)cc2N(C)C1=O. The fraction of sp³-hybridized carbons (Fsp3) is 0.333. The lowest BCUT2D eigenvalue weighted by Gasteiger charge is -2.30. The molecule has 1 aromatic carbocycles. The molecule has 2 rings (SSSR count). The summed E-state index contributed by atoms with van der Waals surface area (Å²) in [6, 6.07) is 5.12. The quantitative estimate of drug-likeness (QED) is 0.791. The summed E-state index contributed by atoms with van der Waals surface area (Å²) < 4.78 is 5.47. The molecule has 1 aliphatic rings. The second kappa shape index (κ2) is 4.66. The molecule has 1 unspecified atom stereocenters. The van der Waals surface area contributed by atoms with Gasteiger partial charge in [-0.05, 0) is 25.1 Å². The monoisotopic (exact) mass is 249 g/mol. The van der Waals surface area contributed by atoms with E-state index in [9.17, 15) is 9.59 Å². The highest BCUT2D eigenvalue weighted by Gasteiger charge is 2.28. The third-order valence-corrected chi connectivity index (χ3v) is 2.77. The van der Waals surface area contributed by atoms with Gasteiger partial charge >= 0.3 is 0 Å².